The number of likely N-dealkylation sites (tertiary alicyclic amines) is 1. The number of fused-ring (bicyclic) bond motifs is 1. The smallest absolute Gasteiger partial charge is 0.119 e. The second-order valence-corrected chi connectivity index (χ2v) is 7.52. The molecule has 0 radical (unpaired) electrons. The Morgan fingerprint density at radius 1 is 0.929 bits per heavy atom. The number of rotatable bonds is 7. The van der Waals surface area contributed by atoms with Crippen LogP contribution < -0.4 is 10.1 Å². The van der Waals surface area contributed by atoms with Gasteiger partial charge in [0.05, 0.1) is 0 Å². The summed E-state index contributed by atoms with van der Waals surface area (Å²) in [5.74, 6) is 0.805. The first-order valence-corrected chi connectivity index (χ1v) is 10.1. The van der Waals surface area contributed by atoms with Gasteiger partial charge in [-0.05, 0) is 36.4 Å². The number of aliphatic hydroxyl groups is 1. The molecule has 1 aliphatic rings. The largest absolute Gasteiger partial charge is 0.491 e. The predicted molar refractivity (Wildman–Crippen MR) is 115 cm³/mol. The molecule has 0 aliphatic carbocycles. The van der Waals surface area contributed by atoms with Crippen LogP contribution in [0.3, 0.4) is 0 Å². The summed E-state index contributed by atoms with van der Waals surface area (Å²) in [6, 6.07) is 25.1. The standard InChI is InChI=1S/C24H28N2O2/c27-21(18-28-22-9-2-1-3-10-22)17-26-15-13-20(14-16-26)25-24-12-6-8-19-7-4-5-11-23(19)24/h1-12,20-21,25,27H,13-18H2. The highest BCUT2D eigenvalue weighted by Gasteiger charge is 2.21. The maximum atomic E-state index is 10.3. The Kier molecular flexibility index (Phi) is 6.10. The highest BCUT2D eigenvalue weighted by Crippen LogP contribution is 2.25. The van der Waals surface area contributed by atoms with Crippen molar-refractivity contribution in [2.45, 2.75) is 25.0 Å². The minimum Gasteiger partial charge on any atom is -0.491 e. The van der Waals surface area contributed by atoms with Crippen molar-refractivity contribution in [1.29, 1.82) is 0 Å². The number of aliphatic hydroxyl groups excluding tert-OH is 1. The van der Waals surface area contributed by atoms with Crippen LogP contribution in [-0.2, 0) is 0 Å². The Bertz CT molecular complexity index is 871. The first kappa shape index (κ1) is 18.8. The van der Waals surface area contributed by atoms with E-state index in [4.69, 9.17) is 4.74 Å². The van der Waals surface area contributed by atoms with Gasteiger partial charge in [-0.3, -0.25) is 0 Å². The van der Waals surface area contributed by atoms with Gasteiger partial charge in [0.25, 0.3) is 0 Å². The summed E-state index contributed by atoms with van der Waals surface area (Å²) >= 11 is 0. The fourth-order valence-electron chi connectivity index (χ4n) is 3.89. The molecule has 4 nitrogen and oxygen atoms in total. The van der Waals surface area contributed by atoms with Crippen LogP contribution in [0.5, 0.6) is 5.75 Å². The third kappa shape index (κ3) is 4.83. The fourth-order valence-corrected chi connectivity index (χ4v) is 3.89. The highest BCUT2D eigenvalue weighted by atomic mass is 16.5. The molecule has 0 spiro atoms. The summed E-state index contributed by atoms with van der Waals surface area (Å²) in [7, 11) is 0. The number of anilines is 1. The maximum Gasteiger partial charge on any atom is 0.119 e. The number of benzene rings is 3. The van der Waals surface area contributed by atoms with Gasteiger partial charge in [0.15, 0.2) is 0 Å². The predicted octanol–water partition coefficient (Wildman–Crippen LogP) is 4.16. The summed E-state index contributed by atoms with van der Waals surface area (Å²) < 4.78 is 5.66. The molecule has 3 aromatic rings. The number of piperidine rings is 1. The molecule has 1 saturated heterocycles. The van der Waals surface area contributed by atoms with Crippen molar-refractivity contribution in [2.75, 3.05) is 31.6 Å². The molecule has 1 fully saturated rings. The van der Waals surface area contributed by atoms with Crippen LogP contribution in [0.4, 0.5) is 5.69 Å². The number of para-hydroxylation sites is 1. The third-order valence-corrected chi connectivity index (χ3v) is 5.39. The molecule has 28 heavy (non-hydrogen) atoms. The van der Waals surface area contributed by atoms with Gasteiger partial charge < -0.3 is 20.1 Å². The van der Waals surface area contributed by atoms with Crippen LogP contribution in [0.15, 0.2) is 72.8 Å². The zero-order valence-corrected chi connectivity index (χ0v) is 16.1. The van der Waals surface area contributed by atoms with Gasteiger partial charge >= 0.3 is 0 Å². The molecule has 0 amide bonds. The van der Waals surface area contributed by atoms with Crippen LogP contribution >= 0.6 is 0 Å². The van der Waals surface area contributed by atoms with Gasteiger partial charge in [0.1, 0.15) is 18.5 Å². The molecule has 1 unspecified atom stereocenters. The van der Waals surface area contributed by atoms with Crippen LogP contribution in [0.1, 0.15) is 12.8 Å². The first-order valence-electron chi connectivity index (χ1n) is 10.1. The van der Waals surface area contributed by atoms with Crippen molar-refractivity contribution < 1.29 is 9.84 Å². The van der Waals surface area contributed by atoms with Crippen LogP contribution in [0.2, 0.25) is 0 Å². The average Bonchev–Trinajstić information content (AvgIpc) is 2.75. The molecule has 3 aromatic carbocycles. The summed E-state index contributed by atoms with van der Waals surface area (Å²) in [6.45, 7) is 2.97. The second kappa shape index (κ2) is 9.09. The molecular weight excluding hydrogens is 348 g/mol. The van der Waals surface area contributed by atoms with E-state index in [2.05, 4.69) is 52.7 Å². The van der Waals surface area contributed by atoms with Crippen molar-refractivity contribution in [3.05, 3.63) is 72.8 Å². The molecule has 0 aromatic heterocycles. The van der Waals surface area contributed by atoms with E-state index in [0.717, 1.165) is 31.7 Å². The van der Waals surface area contributed by atoms with E-state index in [1.165, 1.54) is 16.5 Å². The van der Waals surface area contributed by atoms with E-state index >= 15 is 0 Å². The summed E-state index contributed by atoms with van der Waals surface area (Å²) in [4.78, 5) is 2.33. The van der Waals surface area contributed by atoms with Gasteiger partial charge in [-0.25, -0.2) is 0 Å². The summed E-state index contributed by atoms with van der Waals surface area (Å²) in [5.41, 5.74) is 1.22. The Hall–Kier alpha value is -2.56. The van der Waals surface area contributed by atoms with Gasteiger partial charge in [0, 0.05) is 36.7 Å². The minimum atomic E-state index is -0.470. The Labute approximate surface area is 166 Å². The zero-order valence-electron chi connectivity index (χ0n) is 16.1. The minimum absolute atomic E-state index is 0.332. The van der Waals surface area contributed by atoms with Gasteiger partial charge in [-0.1, -0.05) is 54.6 Å². The van der Waals surface area contributed by atoms with Crippen LogP contribution in [0, 0.1) is 0 Å². The van der Waals surface area contributed by atoms with E-state index in [9.17, 15) is 5.11 Å². The number of hydrogen-bond acceptors (Lipinski definition) is 4. The zero-order chi connectivity index (χ0) is 19.2. The maximum absolute atomic E-state index is 10.3. The Balaban J connectivity index is 1.24. The summed E-state index contributed by atoms with van der Waals surface area (Å²) in [6.07, 6.45) is 1.69. The SMILES string of the molecule is OC(COc1ccccc1)CN1CCC(Nc2cccc3ccccc23)CC1. The van der Waals surface area contributed by atoms with Crippen LogP contribution in [0.25, 0.3) is 10.8 Å². The van der Waals surface area contributed by atoms with E-state index in [1.54, 1.807) is 0 Å². The molecule has 1 heterocycles. The molecule has 0 saturated carbocycles. The molecule has 1 atom stereocenters. The molecule has 4 heteroatoms. The third-order valence-electron chi connectivity index (χ3n) is 5.39. The summed E-state index contributed by atoms with van der Waals surface area (Å²) in [5, 5.41) is 16.6. The lowest BCUT2D eigenvalue weighted by molar-refractivity contribution is 0.0605. The van der Waals surface area contributed by atoms with Crippen LogP contribution in [-0.4, -0.2) is 48.4 Å². The van der Waals surface area contributed by atoms with E-state index in [0.29, 0.717) is 19.2 Å². The topological polar surface area (TPSA) is 44.7 Å². The Morgan fingerprint density at radius 2 is 1.64 bits per heavy atom. The lowest BCUT2D eigenvalue weighted by Crippen LogP contribution is -2.43. The molecule has 1 aliphatic heterocycles. The lowest BCUT2D eigenvalue weighted by Gasteiger charge is -2.34. The van der Waals surface area contributed by atoms with E-state index in [1.807, 2.05) is 30.3 Å². The van der Waals surface area contributed by atoms with Crippen molar-refractivity contribution in [3.63, 3.8) is 0 Å². The average molecular weight is 377 g/mol. The van der Waals surface area contributed by atoms with Crippen molar-refractivity contribution >= 4 is 16.5 Å². The second-order valence-electron chi connectivity index (χ2n) is 7.52. The molecular formula is C24H28N2O2. The highest BCUT2D eigenvalue weighted by molar-refractivity contribution is 5.93. The van der Waals surface area contributed by atoms with E-state index in [-0.39, 0.29) is 0 Å². The van der Waals surface area contributed by atoms with Crippen molar-refractivity contribution in [2.24, 2.45) is 0 Å². The molecule has 4 rings (SSSR count). The van der Waals surface area contributed by atoms with Gasteiger partial charge in [-0.2, -0.15) is 0 Å². The van der Waals surface area contributed by atoms with Crippen molar-refractivity contribution in [3.8, 4) is 5.75 Å². The lowest BCUT2D eigenvalue weighted by atomic mass is 10.0. The quantitative estimate of drug-likeness (QED) is 0.650. The molecule has 146 valence electrons. The van der Waals surface area contributed by atoms with Crippen molar-refractivity contribution in [1.82, 2.24) is 4.90 Å². The first-order chi connectivity index (χ1) is 13.8. The van der Waals surface area contributed by atoms with E-state index < -0.39 is 6.10 Å². The van der Waals surface area contributed by atoms with Gasteiger partial charge in [-0.15, -0.1) is 0 Å². The number of β-amino-alcohol motifs (C(OH)–C–C–N with tert-alkyl or cyclic N) is 1. The number of nitrogens with zero attached hydrogens (tertiary/aromatic N) is 1. The molecule has 2 N–H and O–H groups in total. The normalized spacial score (nSPS) is 16.8. The molecule has 0 bridgehead atoms. The fraction of sp³-hybridized carbons (Fsp3) is 0.333. The number of nitrogens with one attached hydrogen (secondary N) is 1. The Morgan fingerprint density at radius 3 is 2.46 bits per heavy atom. The van der Waals surface area contributed by atoms with Gasteiger partial charge in [0.2, 0.25) is 0 Å². The number of ether oxygens (including phenoxy) is 1. The number of hydrogen-bond donors (Lipinski definition) is 2. The monoisotopic (exact) mass is 376 g/mol.